The van der Waals surface area contributed by atoms with E-state index in [4.69, 9.17) is 4.74 Å². The smallest absolute Gasteiger partial charge is 0.191 e. The first-order chi connectivity index (χ1) is 14.2. The van der Waals surface area contributed by atoms with Crippen LogP contribution in [0, 0.1) is 12.8 Å². The van der Waals surface area contributed by atoms with E-state index in [2.05, 4.69) is 51.8 Å². The number of pyridine rings is 1. The van der Waals surface area contributed by atoms with E-state index >= 15 is 0 Å². The number of aliphatic imine (C=N–C) groups is 1. The number of hydrogen-bond acceptors (Lipinski definition) is 4. The molecule has 0 spiro atoms. The van der Waals surface area contributed by atoms with Gasteiger partial charge in [-0.05, 0) is 49.9 Å². The molecule has 3 N–H and O–H groups in total. The van der Waals surface area contributed by atoms with Crippen LogP contribution in [0.1, 0.15) is 48.7 Å². The zero-order valence-electron chi connectivity index (χ0n) is 17.3. The molecular formula is C23H32N4O2. The van der Waals surface area contributed by atoms with Gasteiger partial charge in [0.25, 0.3) is 0 Å². The van der Waals surface area contributed by atoms with Gasteiger partial charge in [0.15, 0.2) is 5.96 Å². The van der Waals surface area contributed by atoms with Gasteiger partial charge in [-0.1, -0.05) is 29.8 Å². The van der Waals surface area contributed by atoms with Gasteiger partial charge in [0.1, 0.15) is 0 Å². The van der Waals surface area contributed by atoms with Gasteiger partial charge in [0.2, 0.25) is 0 Å². The van der Waals surface area contributed by atoms with Gasteiger partial charge in [-0.2, -0.15) is 0 Å². The van der Waals surface area contributed by atoms with E-state index in [1.54, 1.807) is 12.4 Å². The lowest BCUT2D eigenvalue weighted by molar-refractivity contribution is -0.0265. The Morgan fingerprint density at radius 3 is 2.69 bits per heavy atom. The maximum Gasteiger partial charge on any atom is 0.191 e. The number of aromatic nitrogens is 1. The monoisotopic (exact) mass is 396 g/mol. The number of aliphatic hydroxyl groups excluding tert-OH is 1. The zero-order valence-corrected chi connectivity index (χ0v) is 17.3. The molecule has 6 heteroatoms. The maximum absolute atomic E-state index is 10.4. The average molecular weight is 397 g/mol. The third-order valence-electron chi connectivity index (χ3n) is 5.24. The Balaban J connectivity index is 1.61. The summed E-state index contributed by atoms with van der Waals surface area (Å²) in [5, 5.41) is 17.1. The molecule has 2 aromatic rings. The molecule has 6 nitrogen and oxygen atoms in total. The molecule has 0 bridgehead atoms. The molecule has 1 fully saturated rings. The summed E-state index contributed by atoms with van der Waals surface area (Å²) in [5.74, 6) is 1.09. The fourth-order valence-corrected chi connectivity index (χ4v) is 3.62. The first-order valence-electron chi connectivity index (χ1n) is 10.5. The van der Waals surface area contributed by atoms with Crippen molar-refractivity contribution >= 4 is 5.96 Å². The van der Waals surface area contributed by atoms with E-state index in [1.165, 1.54) is 11.1 Å². The molecule has 156 valence electrons. The summed E-state index contributed by atoms with van der Waals surface area (Å²) in [4.78, 5) is 8.55. The number of guanidine groups is 1. The lowest BCUT2D eigenvalue weighted by Gasteiger charge is -2.32. The van der Waals surface area contributed by atoms with Crippen LogP contribution < -0.4 is 10.6 Å². The molecule has 0 amide bonds. The third kappa shape index (κ3) is 6.27. The average Bonchev–Trinajstić information content (AvgIpc) is 2.77. The number of nitrogens with zero attached hydrogens (tertiary/aromatic N) is 2. The Bertz CT molecular complexity index is 764. The molecule has 3 unspecified atom stereocenters. The van der Waals surface area contributed by atoms with Gasteiger partial charge < -0.3 is 20.5 Å². The second kappa shape index (κ2) is 10.9. The number of aryl methyl sites for hydroxylation is 1. The Kier molecular flexibility index (Phi) is 8.02. The van der Waals surface area contributed by atoms with E-state index in [-0.39, 0.29) is 6.10 Å². The van der Waals surface area contributed by atoms with Gasteiger partial charge in [-0.3, -0.25) is 9.98 Å². The minimum Gasteiger partial charge on any atom is -0.386 e. The largest absolute Gasteiger partial charge is 0.386 e. The lowest BCUT2D eigenvalue weighted by atomic mass is 9.89. The van der Waals surface area contributed by atoms with Gasteiger partial charge in [-0.25, -0.2) is 0 Å². The Hall–Kier alpha value is -2.44. The number of nitrogens with one attached hydrogen (secondary N) is 2. The first kappa shape index (κ1) is 21.3. The van der Waals surface area contributed by atoms with E-state index < -0.39 is 6.10 Å². The van der Waals surface area contributed by atoms with Crippen molar-refractivity contribution < 1.29 is 9.84 Å². The summed E-state index contributed by atoms with van der Waals surface area (Å²) in [6.07, 6.45) is 5.00. The number of aliphatic hydroxyl groups is 1. The molecule has 3 atom stereocenters. The highest BCUT2D eigenvalue weighted by atomic mass is 16.5. The molecule has 29 heavy (non-hydrogen) atoms. The fourth-order valence-electron chi connectivity index (χ4n) is 3.62. The maximum atomic E-state index is 10.4. The van der Waals surface area contributed by atoms with Crippen molar-refractivity contribution in [1.29, 1.82) is 0 Å². The van der Waals surface area contributed by atoms with E-state index in [9.17, 15) is 5.11 Å². The van der Waals surface area contributed by atoms with Gasteiger partial charge in [0.05, 0.1) is 18.8 Å². The zero-order chi connectivity index (χ0) is 20.5. The van der Waals surface area contributed by atoms with Crippen LogP contribution in [0.5, 0.6) is 0 Å². The number of hydrogen-bond donors (Lipinski definition) is 3. The van der Waals surface area contributed by atoms with Crippen molar-refractivity contribution in [3.8, 4) is 0 Å². The van der Waals surface area contributed by atoms with Crippen LogP contribution in [0.2, 0.25) is 0 Å². The second-order valence-corrected chi connectivity index (χ2v) is 7.50. The summed E-state index contributed by atoms with van der Waals surface area (Å²) in [6.45, 7) is 6.78. The lowest BCUT2D eigenvalue weighted by Crippen LogP contribution is -2.42. The number of ether oxygens (including phenoxy) is 1. The van der Waals surface area contributed by atoms with E-state index in [1.807, 2.05) is 19.1 Å². The van der Waals surface area contributed by atoms with Crippen LogP contribution in [0.4, 0.5) is 0 Å². The minimum absolute atomic E-state index is 0.0992. The second-order valence-electron chi connectivity index (χ2n) is 7.50. The summed E-state index contributed by atoms with van der Waals surface area (Å²) in [5.41, 5.74) is 3.31. The normalized spacial score (nSPS) is 20.9. The van der Waals surface area contributed by atoms with Gasteiger partial charge in [-0.15, -0.1) is 0 Å². The predicted octanol–water partition coefficient (Wildman–Crippen LogP) is 3.15. The highest BCUT2D eigenvalue weighted by Crippen LogP contribution is 2.33. The van der Waals surface area contributed by atoms with Crippen molar-refractivity contribution in [2.75, 3.05) is 26.2 Å². The van der Waals surface area contributed by atoms with Crippen molar-refractivity contribution in [3.63, 3.8) is 0 Å². The predicted molar refractivity (Wildman–Crippen MR) is 116 cm³/mol. The van der Waals surface area contributed by atoms with Crippen LogP contribution in [0.3, 0.4) is 0 Å². The molecule has 0 saturated carbocycles. The molecule has 1 aliphatic rings. The van der Waals surface area contributed by atoms with E-state index in [0.717, 1.165) is 38.1 Å². The number of rotatable bonds is 7. The Morgan fingerprint density at radius 2 is 1.97 bits per heavy atom. The molecule has 1 aliphatic heterocycles. The van der Waals surface area contributed by atoms with Crippen molar-refractivity contribution in [2.24, 2.45) is 10.9 Å². The summed E-state index contributed by atoms with van der Waals surface area (Å²) < 4.78 is 6.12. The molecular weight excluding hydrogens is 364 g/mol. The highest BCUT2D eigenvalue weighted by molar-refractivity contribution is 5.79. The summed E-state index contributed by atoms with van der Waals surface area (Å²) >= 11 is 0. The fraction of sp³-hybridized carbons (Fsp3) is 0.478. The van der Waals surface area contributed by atoms with E-state index in [0.29, 0.717) is 18.4 Å². The van der Waals surface area contributed by atoms with Crippen molar-refractivity contribution in [2.45, 2.75) is 38.9 Å². The van der Waals surface area contributed by atoms with Gasteiger partial charge in [0, 0.05) is 38.0 Å². The van der Waals surface area contributed by atoms with Crippen molar-refractivity contribution in [1.82, 2.24) is 15.6 Å². The molecule has 1 aromatic carbocycles. The van der Waals surface area contributed by atoms with Crippen molar-refractivity contribution in [3.05, 3.63) is 65.5 Å². The van der Waals surface area contributed by atoms with Crippen LogP contribution >= 0.6 is 0 Å². The van der Waals surface area contributed by atoms with Crippen LogP contribution in [-0.4, -0.2) is 42.3 Å². The van der Waals surface area contributed by atoms with Crippen LogP contribution in [0.15, 0.2) is 53.8 Å². The molecule has 0 radical (unpaired) electrons. The molecule has 3 rings (SSSR count). The molecule has 2 heterocycles. The highest BCUT2D eigenvalue weighted by Gasteiger charge is 2.27. The number of benzene rings is 1. The topological polar surface area (TPSA) is 78.8 Å². The first-order valence-corrected chi connectivity index (χ1v) is 10.5. The van der Waals surface area contributed by atoms with Crippen LogP contribution in [-0.2, 0) is 4.74 Å². The molecule has 1 saturated heterocycles. The quantitative estimate of drug-likeness (QED) is 0.495. The van der Waals surface area contributed by atoms with Crippen LogP contribution in [0.25, 0.3) is 0 Å². The SMILES string of the molecule is CCNC(=NCC(O)c1ccncc1)NCC1CCCOC1c1ccc(C)cc1. The summed E-state index contributed by atoms with van der Waals surface area (Å²) in [6, 6.07) is 12.2. The Morgan fingerprint density at radius 1 is 1.21 bits per heavy atom. The molecule has 1 aromatic heterocycles. The van der Waals surface area contributed by atoms with Gasteiger partial charge >= 0.3 is 0 Å². The summed E-state index contributed by atoms with van der Waals surface area (Å²) in [7, 11) is 0. The Labute approximate surface area is 173 Å². The molecule has 0 aliphatic carbocycles. The standard InChI is InChI=1S/C23H32N4O2/c1-3-25-23(27-16-21(28)18-10-12-24-13-11-18)26-15-20-5-4-14-29-22(20)19-8-6-17(2)7-9-19/h6-13,20-22,28H,3-5,14-16H2,1-2H3,(H2,25,26,27). The third-order valence-corrected chi connectivity index (χ3v) is 5.24. The minimum atomic E-state index is -0.647.